The maximum absolute atomic E-state index is 6.14. The molecule has 0 saturated carbocycles. The van der Waals surface area contributed by atoms with Gasteiger partial charge in [-0.15, -0.1) is 0 Å². The van der Waals surface area contributed by atoms with Gasteiger partial charge in [-0.3, -0.25) is 0 Å². The maximum Gasteiger partial charge on any atom is 0.164 e. The van der Waals surface area contributed by atoms with Gasteiger partial charge in [0, 0.05) is 43.9 Å². The molecule has 0 aliphatic rings. The Balaban J connectivity index is 1.06. The Morgan fingerprint density at radius 1 is 0.304 bits per heavy atom. The number of furan rings is 1. The van der Waals surface area contributed by atoms with Crippen LogP contribution in [0.2, 0.25) is 0 Å². The van der Waals surface area contributed by atoms with E-state index in [2.05, 4.69) is 150 Å². The number of nitrogens with zero attached hydrogens (tertiary/aromatic N) is 4. The molecular formula is C51H32N4O. The molecule has 11 rings (SSSR count). The summed E-state index contributed by atoms with van der Waals surface area (Å²) in [5, 5.41) is 4.58. The lowest BCUT2D eigenvalue weighted by molar-refractivity contribution is 0.669. The van der Waals surface area contributed by atoms with Gasteiger partial charge in [0.2, 0.25) is 0 Å². The van der Waals surface area contributed by atoms with E-state index in [-0.39, 0.29) is 0 Å². The van der Waals surface area contributed by atoms with Crippen LogP contribution in [0.4, 0.5) is 0 Å². The second kappa shape index (κ2) is 13.0. The minimum atomic E-state index is 0.620. The predicted octanol–water partition coefficient (Wildman–Crippen LogP) is 13.2. The summed E-state index contributed by atoms with van der Waals surface area (Å²) < 4.78 is 8.49. The molecule has 5 heteroatoms. The molecule has 0 saturated heterocycles. The lowest BCUT2D eigenvalue weighted by Gasteiger charge is -2.12. The monoisotopic (exact) mass is 716 g/mol. The molecule has 262 valence electrons. The number of para-hydroxylation sites is 2. The molecule has 0 fully saturated rings. The third kappa shape index (κ3) is 5.45. The predicted molar refractivity (Wildman–Crippen MR) is 229 cm³/mol. The van der Waals surface area contributed by atoms with Gasteiger partial charge >= 0.3 is 0 Å². The minimum absolute atomic E-state index is 0.620. The Morgan fingerprint density at radius 2 is 0.821 bits per heavy atom. The molecule has 0 aliphatic heterocycles. The topological polar surface area (TPSA) is 56.7 Å². The van der Waals surface area contributed by atoms with Gasteiger partial charge in [0.15, 0.2) is 17.5 Å². The molecule has 0 unspecified atom stereocenters. The van der Waals surface area contributed by atoms with E-state index in [1.54, 1.807) is 0 Å². The molecule has 56 heavy (non-hydrogen) atoms. The molecule has 5 nitrogen and oxygen atoms in total. The highest BCUT2D eigenvalue weighted by Gasteiger charge is 2.17. The third-order valence-electron chi connectivity index (χ3n) is 10.7. The Hall–Kier alpha value is -7.63. The highest BCUT2D eigenvalue weighted by atomic mass is 16.3. The first-order chi connectivity index (χ1) is 27.7. The fourth-order valence-electron chi connectivity index (χ4n) is 7.91. The van der Waals surface area contributed by atoms with E-state index in [1.807, 2.05) is 48.5 Å². The van der Waals surface area contributed by atoms with E-state index in [0.717, 1.165) is 77.4 Å². The fraction of sp³-hybridized carbons (Fsp3) is 0. The summed E-state index contributed by atoms with van der Waals surface area (Å²) in [5.41, 5.74) is 12.4. The Morgan fingerprint density at radius 3 is 1.61 bits per heavy atom. The van der Waals surface area contributed by atoms with Gasteiger partial charge < -0.3 is 8.98 Å². The standard InChI is InChI=1S/C51H32N4O/c1-3-12-33(13-4-1)34-22-24-36(25-23-34)50-52-49(35-14-5-2-6-15-35)53-51(54-50)39-26-28-42-41-18-7-9-20-45(41)55(46(42)32-39)40-17-11-16-37(30-40)38-27-29-48-44(31-38)43-19-8-10-21-47(43)56-48/h1-32H. The zero-order chi connectivity index (χ0) is 37.0. The highest BCUT2D eigenvalue weighted by Crippen LogP contribution is 2.37. The van der Waals surface area contributed by atoms with Crippen LogP contribution < -0.4 is 0 Å². The number of rotatable bonds is 6. The quantitative estimate of drug-likeness (QED) is 0.172. The number of aromatic nitrogens is 4. The van der Waals surface area contributed by atoms with Crippen LogP contribution in [0, 0.1) is 0 Å². The van der Waals surface area contributed by atoms with Gasteiger partial charge in [-0.05, 0) is 64.7 Å². The van der Waals surface area contributed by atoms with E-state index >= 15 is 0 Å². The molecule has 8 aromatic carbocycles. The van der Waals surface area contributed by atoms with Crippen LogP contribution >= 0.6 is 0 Å². The molecule has 0 aliphatic carbocycles. The molecule has 3 heterocycles. The molecule has 0 N–H and O–H groups in total. The minimum Gasteiger partial charge on any atom is -0.456 e. The van der Waals surface area contributed by atoms with Crippen LogP contribution in [-0.4, -0.2) is 19.5 Å². The van der Waals surface area contributed by atoms with Crippen LogP contribution in [0.1, 0.15) is 0 Å². The molecule has 11 aromatic rings. The Bertz CT molecular complexity index is 3240. The van der Waals surface area contributed by atoms with Gasteiger partial charge in [-0.25, -0.2) is 15.0 Å². The molecular weight excluding hydrogens is 685 g/mol. The SMILES string of the molecule is c1ccc(-c2ccc(-c3nc(-c4ccccc4)nc(-c4ccc5c6ccccc6n(-c6cccc(-c7ccc8oc9ccccc9c8c7)c6)c5c4)n3)cc2)cc1. The molecule has 0 amide bonds. The second-order valence-corrected chi connectivity index (χ2v) is 14.1. The Labute approximate surface area is 322 Å². The summed E-state index contributed by atoms with van der Waals surface area (Å²) in [4.78, 5) is 15.2. The van der Waals surface area contributed by atoms with Crippen molar-refractivity contribution in [2.24, 2.45) is 0 Å². The third-order valence-corrected chi connectivity index (χ3v) is 10.7. The van der Waals surface area contributed by atoms with Crippen molar-refractivity contribution in [2.75, 3.05) is 0 Å². The fourth-order valence-corrected chi connectivity index (χ4v) is 7.91. The summed E-state index contributed by atoms with van der Waals surface area (Å²) in [6, 6.07) is 67.6. The van der Waals surface area contributed by atoms with Gasteiger partial charge in [-0.1, -0.05) is 152 Å². The zero-order valence-corrected chi connectivity index (χ0v) is 30.2. The van der Waals surface area contributed by atoms with Crippen molar-refractivity contribution in [1.29, 1.82) is 0 Å². The lowest BCUT2D eigenvalue weighted by atomic mass is 10.0. The second-order valence-electron chi connectivity index (χ2n) is 14.1. The summed E-state index contributed by atoms with van der Waals surface area (Å²) >= 11 is 0. The van der Waals surface area contributed by atoms with Crippen molar-refractivity contribution in [3.8, 4) is 62.1 Å². The lowest BCUT2D eigenvalue weighted by Crippen LogP contribution is -2.00. The van der Waals surface area contributed by atoms with Crippen LogP contribution in [-0.2, 0) is 0 Å². The molecule has 0 spiro atoms. The van der Waals surface area contributed by atoms with Crippen LogP contribution in [0.5, 0.6) is 0 Å². The van der Waals surface area contributed by atoms with Crippen molar-refractivity contribution in [3.63, 3.8) is 0 Å². The van der Waals surface area contributed by atoms with Gasteiger partial charge in [-0.2, -0.15) is 0 Å². The summed E-state index contributed by atoms with van der Waals surface area (Å²) in [5.74, 6) is 1.88. The summed E-state index contributed by atoms with van der Waals surface area (Å²) in [6.07, 6.45) is 0. The van der Waals surface area contributed by atoms with Crippen molar-refractivity contribution < 1.29 is 4.42 Å². The first kappa shape index (κ1) is 31.9. The van der Waals surface area contributed by atoms with Gasteiger partial charge in [0.25, 0.3) is 0 Å². The van der Waals surface area contributed by atoms with E-state index in [1.165, 1.54) is 10.9 Å². The number of fused-ring (bicyclic) bond motifs is 6. The van der Waals surface area contributed by atoms with E-state index in [9.17, 15) is 0 Å². The summed E-state index contributed by atoms with van der Waals surface area (Å²) in [6.45, 7) is 0. The van der Waals surface area contributed by atoms with Gasteiger partial charge in [0.1, 0.15) is 11.2 Å². The molecule has 3 aromatic heterocycles. The average molecular weight is 717 g/mol. The normalized spacial score (nSPS) is 11.6. The number of hydrogen-bond acceptors (Lipinski definition) is 4. The van der Waals surface area contributed by atoms with E-state index < -0.39 is 0 Å². The molecule has 0 bridgehead atoms. The van der Waals surface area contributed by atoms with Crippen molar-refractivity contribution in [3.05, 3.63) is 194 Å². The van der Waals surface area contributed by atoms with Crippen molar-refractivity contribution >= 4 is 43.7 Å². The van der Waals surface area contributed by atoms with Gasteiger partial charge in [0.05, 0.1) is 11.0 Å². The van der Waals surface area contributed by atoms with Crippen molar-refractivity contribution in [1.82, 2.24) is 19.5 Å². The smallest absolute Gasteiger partial charge is 0.164 e. The highest BCUT2D eigenvalue weighted by molar-refractivity contribution is 6.10. The average Bonchev–Trinajstić information content (AvgIpc) is 3.82. The first-order valence-corrected chi connectivity index (χ1v) is 18.8. The molecule has 0 radical (unpaired) electrons. The Kier molecular flexibility index (Phi) is 7.42. The first-order valence-electron chi connectivity index (χ1n) is 18.8. The largest absolute Gasteiger partial charge is 0.456 e. The van der Waals surface area contributed by atoms with Crippen LogP contribution in [0.15, 0.2) is 199 Å². The van der Waals surface area contributed by atoms with E-state index in [0.29, 0.717) is 17.5 Å². The number of hydrogen-bond donors (Lipinski definition) is 0. The van der Waals surface area contributed by atoms with Crippen molar-refractivity contribution in [2.45, 2.75) is 0 Å². The summed E-state index contributed by atoms with van der Waals surface area (Å²) in [7, 11) is 0. The maximum atomic E-state index is 6.14. The van der Waals surface area contributed by atoms with E-state index in [4.69, 9.17) is 19.4 Å². The number of benzene rings is 8. The van der Waals surface area contributed by atoms with Crippen LogP contribution in [0.3, 0.4) is 0 Å². The molecule has 0 atom stereocenters. The van der Waals surface area contributed by atoms with Crippen LogP contribution in [0.25, 0.3) is 106 Å². The zero-order valence-electron chi connectivity index (χ0n) is 30.2.